The smallest absolute Gasteiger partial charge is 0.270 e. The second kappa shape index (κ2) is 7.64. The highest BCUT2D eigenvalue weighted by Crippen LogP contribution is 2.32. The Bertz CT molecular complexity index is 1280. The number of hydrogen-bond donors (Lipinski definition) is 1. The van der Waals surface area contributed by atoms with Crippen molar-refractivity contribution in [2.24, 2.45) is 0 Å². The van der Waals surface area contributed by atoms with E-state index in [2.05, 4.69) is 10.3 Å². The molecule has 0 atom stereocenters. The van der Waals surface area contributed by atoms with E-state index >= 15 is 0 Å². The minimum absolute atomic E-state index is 0.0618. The van der Waals surface area contributed by atoms with E-state index < -0.39 is 4.92 Å². The maximum atomic E-state index is 13.0. The van der Waals surface area contributed by atoms with Crippen LogP contribution in [-0.2, 0) is 11.3 Å². The van der Waals surface area contributed by atoms with E-state index in [0.29, 0.717) is 27.0 Å². The Morgan fingerprint density at radius 1 is 1.17 bits per heavy atom. The number of nitrogens with zero attached hydrogens (tertiary/aromatic N) is 3. The highest BCUT2D eigenvalue weighted by atomic mass is 32.1. The van der Waals surface area contributed by atoms with Crippen LogP contribution in [0.3, 0.4) is 0 Å². The van der Waals surface area contributed by atoms with Crippen LogP contribution < -0.4 is 10.9 Å². The van der Waals surface area contributed by atoms with Crippen LogP contribution in [0.15, 0.2) is 71.1 Å². The number of fused-ring (bicyclic) bond motifs is 1. The summed E-state index contributed by atoms with van der Waals surface area (Å²) in [6.45, 7) is -0.194. The van der Waals surface area contributed by atoms with Crippen LogP contribution in [0, 0.1) is 10.1 Å². The molecule has 0 bridgehead atoms. The first-order valence-electron chi connectivity index (χ1n) is 8.59. The van der Waals surface area contributed by atoms with Crippen molar-refractivity contribution in [1.82, 2.24) is 9.55 Å². The number of nitro groups is 1. The molecule has 2 aromatic carbocycles. The highest BCUT2D eigenvalue weighted by Gasteiger charge is 2.16. The molecule has 0 saturated carbocycles. The Morgan fingerprint density at radius 2 is 1.97 bits per heavy atom. The molecule has 0 fully saturated rings. The van der Waals surface area contributed by atoms with Gasteiger partial charge in [0.2, 0.25) is 5.91 Å². The number of rotatable bonds is 5. The summed E-state index contributed by atoms with van der Waals surface area (Å²) in [4.78, 5) is 40.7. The van der Waals surface area contributed by atoms with Gasteiger partial charge in [-0.2, -0.15) is 0 Å². The van der Waals surface area contributed by atoms with Crippen LogP contribution in [0.1, 0.15) is 0 Å². The Kier molecular flexibility index (Phi) is 4.88. The van der Waals surface area contributed by atoms with Gasteiger partial charge in [-0.3, -0.25) is 24.3 Å². The predicted molar refractivity (Wildman–Crippen MR) is 111 cm³/mol. The van der Waals surface area contributed by atoms with E-state index in [1.165, 1.54) is 34.4 Å². The standard InChI is InChI=1S/C20H14N4O4S/c25-17(22-14-6-2-1-3-7-14)10-23-12-21-19-18(20(23)26)16(11-29-19)13-5-4-8-15(9-13)24(27)28/h1-9,11-12H,10H2,(H,22,25). The number of amides is 1. The number of aromatic nitrogens is 2. The number of benzene rings is 2. The molecule has 0 aliphatic heterocycles. The second-order valence-corrected chi connectivity index (χ2v) is 7.09. The highest BCUT2D eigenvalue weighted by molar-refractivity contribution is 7.17. The van der Waals surface area contributed by atoms with Gasteiger partial charge in [0.05, 0.1) is 16.6 Å². The first kappa shape index (κ1) is 18.5. The van der Waals surface area contributed by atoms with Crippen molar-refractivity contribution in [2.45, 2.75) is 6.54 Å². The molecule has 0 aliphatic rings. The number of anilines is 1. The summed E-state index contributed by atoms with van der Waals surface area (Å²) in [5.41, 5.74) is 1.31. The zero-order valence-corrected chi connectivity index (χ0v) is 15.8. The third-order valence-corrected chi connectivity index (χ3v) is 5.19. The molecule has 0 spiro atoms. The molecule has 0 radical (unpaired) electrons. The van der Waals surface area contributed by atoms with E-state index in [1.54, 1.807) is 41.8 Å². The van der Waals surface area contributed by atoms with Gasteiger partial charge >= 0.3 is 0 Å². The molecule has 0 aliphatic carbocycles. The fraction of sp³-hybridized carbons (Fsp3) is 0.0500. The van der Waals surface area contributed by atoms with E-state index in [-0.39, 0.29) is 23.7 Å². The van der Waals surface area contributed by atoms with Crippen molar-refractivity contribution in [2.75, 3.05) is 5.32 Å². The minimum Gasteiger partial charge on any atom is -0.325 e. The lowest BCUT2D eigenvalue weighted by Gasteiger charge is -2.07. The number of carbonyl (C=O) groups is 1. The molecule has 29 heavy (non-hydrogen) atoms. The predicted octanol–water partition coefficient (Wildman–Crippen LogP) is 3.67. The molecule has 1 N–H and O–H groups in total. The quantitative estimate of drug-likeness (QED) is 0.402. The zero-order valence-electron chi connectivity index (χ0n) is 14.9. The average molecular weight is 406 g/mol. The van der Waals surface area contributed by atoms with Crippen molar-refractivity contribution in [1.29, 1.82) is 0 Å². The van der Waals surface area contributed by atoms with Crippen molar-refractivity contribution < 1.29 is 9.72 Å². The monoisotopic (exact) mass is 406 g/mol. The van der Waals surface area contributed by atoms with Gasteiger partial charge in [0, 0.05) is 28.8 Å². The van der Waals surface area contributed by atoms with Gasteiger partial charge in [-0.25, -0.2) is 4.98 Å². The Balaban J connectivity index is 1.69. The maximum Gasteiger partial charge on any atom is 0.270 e. The summed E-state index contributed by atoms with van der Waals surface area (Å²) in [5.74, 6) is -0.355. The lowest BCUT2D eigenvalue weighted by molar-refractivity contribution is -0.384. The average Bonchev–Trinajstić information content (AvgIpc) is 3.16. The number of nitrogens with one attached hydrogen (secondary N) is 1. The molecular weight excluding hydrogens is 392 g/mol. The Hall–Kier alpha value is -3.85. The van der Waals surface area contributed by atoms with Gasteiger partial charge < -0.3 is 5.32 Å². The Labute approximate surface area is 168 Å². The van der Waals surface area contributed by atoms with Crippen molar-refractivity contribution in [3.63, 3.8) is 0 Å². The van der Waals surface area contributed by atoms with Crippen LogP contribution in [0.25, 0.3) is 21.3 Å². The summed E-state index contributed by atoms with van der Waals surface area (Å²) in [6, 6.07) is 15.0. The van der Waals surface area contributed by atoms with E-state index in [4.69, 9.17) is 0 Å². The van der Waals surface area contributed by atoms with Crippen molar-refractivity contribution >= 4 is 38.8 Å². The van der Waals surface area contributed by atoms with Gasteiger partial charge in [0.25, 0.3) is 11.2 Å². The van der Waals surface area contributed by atoms with E-state index in [9.17, 15) is 19.7 Å². The number of carbonyl (C=O) groups excluding carboxylic acids is 1. The largest absolute Gasteiger partial charge is 0.325 e. The van der Waals surface area contributed by atoms with E-state index in [0.717, 1.165) is 0 Å². The molecule has 1 amide bonds. The molecule has 0 saturated heterocycles. The Morgan fingerprint density at radius 3 is 2.72 bits per heavy atom. The third kappa shape index (κ3) is 3.76. The minimum atomic E-state index is -0.484. The first-order valence-corrected chi connectivity index (χ1v) is 9.47. The maximum absolute atomic E-state index is 13.0. The summed E-state index contributed by atoms with van der Waals surface area (Å²) >= 11 is 1.27. The SMILES string of the molecule is O=C(Cn1cnc2scc(-c3cccc([N+](=O)[O-])c3)c2c1=O)Nc1ccccc1. The van der Waals surface area contributed by atoms with Crippen molar-refractivity contribution in [3.8, 4) is 11.1 Å². The summed E-state index contributed by atoms with van der Waals surface area (Å²) < 4.78 is 1.23. The lowest BCUT2D eigenvalue weighted by Crippen LogP contribution is -2.27. The fourth-order valence-electron chi connectivity index (χ4n) is 2.96. The number of thiophene rings is 1. The van der Waals surface area contributed by atoms with Gasteiger partial charge in [0.15, 0.2) is 0 Å². The summed E-state index contributed by atoms with van der Waals surface area (Å²) in [6.07, 6.45) is 1.34. The molecule has 9 heteroatoms. The normalized spacial score (nSPS) is 10.8. The third-order valence-electron chi connectivity index (χ3n) is 4.30. The topological polar surface area (TPSA) is 107 Å². The van der Waals surface area contributed by atoms with Crippen LogP contribution in [0.4, 0.5) is 11.4 Å². The van der Waals surface area contributed by atoms with Gasteiger partial charge in [0.1, 0.15) is 11.4 Å². The van der Waals surface area contributed by atoms with Crippen LogP contribution in [0.5, 0.6) is 0 Å². The fourth-order valence-corrected chi connectivity index (χ4v) is 3.86. The summed E-state index contributed by atoms with van der Waals surface area (Å²) in [5, 5.41) is 15.9. The van der Waals surface area contributed by atoms with Crippen LogP contribution >= 0.6 is 11.3 Å². The molecule has 144 valence electrons. The molecule has 4 rings (SSSR count). The number of non-ortho nitro benzene ring substituents is 1. The van der Waals surface area contributed by atoms with E-state index in [1.807, 2.05) is 6.07 Å². The van der Waals surface area contributed by atoms with Crippen molar-refractivity contribution in [3.05, 3.63) is 86.8 Å². The van der Waals surface area contributed by atoms with Crippen LogP contribution in [-0.4, -0.2) is 20.4 Å². The van der Waals surface area contributed by atoms with Gasteiger partial charge in [-0.15, -0.1) is 11.3 Å². The molecule has 2 heterocycles. The molecular formula is C20H14N4O4S. The summed E-state index contributed by atoms with van der Waals surface area (Å²) in [7, 11) is 0. The molecule has 0 unspecified atom stereocenters. The first-order chi connectivity index (χ1) is 14.0. The van der Waals surface area contributed by atoms with Gasteiger partial charge in [-0.05, 0) is 17.7 Å². The molecule has 2 aromatic heterocycles. The number of nitro benzene ring substituents is 1. The number of hydrogen-bond acceptors (Lipinski definition) is 6. The van der Waals surface area contributed by atoms with Gasteiger partial charge in [-0.1, -0.05) is 30.3 Å². The molecule has 4 aromatic rings. The molecule has 8 nitrogen and oxygen atoms in total. The number of para-hydroxylation sites is 1. The zero-order chi connectivity index (χ0) is 20.4. The second-order valence-electron chi connectivity index (χ2n) is 6.23. The lowest BCUT2D eigenvalue weighted by atomic mass is 10.1. The van der Waals surface area contributed by atoms with Crippen LogP contribution in [0.2, 0.25) is 0 Å².